The maximum Gasteiger partial charge on any atom is 0.239 e. The molecule has 0 saturated carbocycles. The van der Waals surface area contributed by atoms with Crippen LogP contribution in [0.15, 0.2) is 54.6 Å². The van der Waals surface area contributed by atoms with Crippen molar-refractivity contribution in [2.75, 3.05) is 39.3 Å². The number of para-hydroxylation sites is 1. The van der Waals surface area contributed by atoms with Crippen molar-refractivity contribution < 1.29 is 24.2 Å². The first-order valence-corrected chi connectivity index (χ1v) is 10.8. The molecular weight excluding hydrogens is 424 g/mol. The molecule has 2 rings (SSSR count). The Morgan fingerprint density at radius 2 is 1.48 bits per heavy atom. The number of benzene rings is 2. The standard InChI is InChI=1S/C24H32N4O5/c1-18-7-5-6-10-21(18)33-17-20(29)14-25-11-12-26-23(31)15-28-24(32)16-27-22(30)13-19-8-3-2-4-9-19/h2-10,20,25,29H,11-17H2,1H3,(H,26,31)(H,27,30)(H,28,32). The minimum Gasteiger partial charge on any atom is -0.491 e. The van der Waals surface area contributed by atoms with Crippen LogP contribution in [-0.4, -0.2) is 68.3 Å². The summed E-state index contributed by atoms with van der Waals surface area (Å²) >= 11 is 0. The zero-order valence-electron chi connectivity index (χ0n) is 18.8. The van der Waals surface area contributed by atoms with Crippen LogP contribution in [0.2, 0.25) is 0 Å². The number of hydrogen-bond acceptors (Lipinski definition) is 6. The number of aliphatic hydroxyl groups is 1. The van der Waals surface area contributed by atoms with E-state index in [0.717, 1.165) is 16.9 Å². The second-order valence-corrected chi connectivity index (χ2v) is 7.50. The largest absolute Gasteiger partial charge is 0.491 e. The molecule has 0 radical (unpaired) electrons. The van der Waals surface area contributed by atoms with Gasteiger partial charge in [0.2, 0.25) is 17.7 Å². The van der Waals surface area contributed by atoms with Gasteiger partial charge in [0.1, 0.15) is 18.5 Å². The topological polar surface area (TPSA) is 129 Å². The smallest absolute Gasteiger partial charge is 0.239 e. The van der Waals surface area contributed by atoms with Crippen molar-refractivity contribution in [3.8, 4) is 5.75 Å². The van der Waals surface area contributed by atoms with Gasteiger partial charge in [-0.2, -0.15) is 0 Å². The second kappa shape index (κ2) is 14.6. The van der Waals surface area contributed by atoms with E-state index in [-0.39, 0.29) is 37.9 Å². The van der Waals surface area contributed by atoms with E-state index in [0.29, 0.717) is 19.6 Å². The van der Waals surface area contributed by atoms with Gasteiger partial charge in [0.15, 0.2) is 0 Å². The summed E-state index contributed by atoms with van der Waals surface area (Å²) in [4.78, 5) is 35.4. The predicted octanol–water partition coefficient (Wildman–Crippen LogP) is -0.0844. The number of carbonyl (C=O) groups is 3. The molecule has 3 amide bonds. The molecule has 9 nitrogen and oxygen atoms in total. The van der Waals surface area contributed by atoms with Crippen LogP contribution >= 0.6 is 0 Å². The maximum atomic E-state index is 11.8. The molecule has 2 aromatic rings. The maximum absolute atomic E-state index is 11.8. The summed E-state index contributed by atoms with van der Waals surface area (Å²) in [6.45, 7) is 2.85. The minimum atomic E-state index is -0.684. The van der Waals surface area contributed by atoms with Crippen molar-refractivity contribution in [1.29, 1.82) is 0 Å². The summed E-state index contributed by atoms with van der Waals surface area (Å²) in [7, 11) is 0. The van der Waals surface area contributed by atoms with Crippen molar-refractivity contribution in [3.05, 3.63) is 65.7 Å². The molecule has 0 heterocycles. The molecule has 178 valence electrons. The highest BCUT2D eigenvalue weighted by molar-refractivity contribution is 5.88. The second-order valence-electron chi connectivity index (χ2n) is 7.50. The SMILES string of the molecule is Cc1ccccc1OCC(O)CNCCNC(=O)CNC(=O)CNC(=O)Cc1ccccc1. The molecule has 0 aromatic heterocycles. The molecule has 1 atom stereocenters. The lowest BCUT2D eigenvalue weighted by molar-refractivity contribution is -0.127. The van der Waals surface area contributed by atoms with E-state index in [2.05, 4.69) is 21.3 Å². The Hall–Kier alpha value is -3.43. The number of aryl methyl sites for hydroxylation is 1. The molecule has 0 aliphatic rings. The number of rotatable bonds is 14. The monoisotopic (exact) mass is 456 g/mol. The van der Waals surface area contributed by atoms with Gasteiger partial charge in [-0.3, -0.25) is 14.4 Å². The molecule has 0 aliphatic heterocycles. The van der Waals surface area contributed by atoms with Crippen LogP contribution in [0.4, 0.5) is 0 Å². The van der Waals surface area contributed by atoms with E-state index in [1.54, 1.807) is 0 Å². The van der Waals surface area contributed by atoms with Gasteiger partial charge in [0, 0.05) is 19.6 Å². The first-order valence-electron chi connectivity index (χ1n) is 10.8. The Morgan fingerprint density at radius 1 is 0.848 bits per heavy atom. The number of nitrogens with one attached hydrogen (secondary N) is 4. The normalized spacial score (nSPS) is 11.3. The quantitative estimate of drug-likeness (QED) is 0.253. The van der Waals surface area contributed by atoms with Crippen LogP contribution < -0.4 is 26.0 Å². The number of carbonyl (C=O) groups excluding carboxylic acids is 3. The Morgan fingerprint density at radius 3 is 2.21 bits per heavy atom. The average molecular weight is 457 g/mol. The van der Waals surface area contributed by atoms with E-state index < -0.39 is 12.0 Å². The third kappa shape index (κ3) is 11.1. The van der Waals surface area contributed by atoms with E-state index >= 15 is 0 Å². The third-order valence-corrected chi connectivity index (χ3v) is 4.63. The Bertz CT molecular complexity index is 891. The number of amides is 3. The lowest BCUT2D eigenvalue weighted by Gasteiger charge is -2.14. The summed E-state index contributed by atoms with van der Waals surface area (Å²) in [5.74, 6) is -0.314. The molecule has 2 aromatic carbocycles. The fourth-order valence-electron chi connectivity index (χ4n) is 2.85. The summed E-state index contributed by atoms with van der Waals surface area (Å²) in [6.07, 6.45) is -0.495. The Balaban J connectivity index is 1.47. The molecule has 0 fully saturated rings. The van der Waals surface area contributed by atoms with Crippen molar-refractivity contribution in [2.45, 2.75) is 19.4 Å². The molecule has 9 heteroatoms. The first kappa shape index (κ1) is 25.8. The van der Waals surface area contributed by atoms with Gasteiger partial charge in [-0.15, -0.1) is 0 Å². The molecule has 1 unspecified atom stereocenters. The van der Waals surface area contributed by atoms with E-state index in [1.807, 2.05) is 61.5 Å². The van der Waals surface area contributed by atoms with Crippen molar-refractivity contribution in [1.82, 2.24) is 21.3 Å². The fraction of sp³-hybridized carbons (Fsp3) is 0.375. The van der Waals surface area contributed by atoms with Gasteiger partial charge in [-0.25, -0.2) is 0 Å². The highest BCUT2D eigenvalue weighted by atomic mass is 16.5. The molecule has 0 aliphatic carbocycles. The van der Waals surface area contributed by atoms with Gasteiger partial charge in [-0.1, -0.05) is 48.5 Å². The van der Waals surface area contributed by atoms with Gasteiger partial charge in [-0.05, 0) is 24.1 Å². The predicted molar refractivity (Wildman–Crippen MR) is 125 cm³/mol. The third-order valence-electron chi connectivity index (χ3n) is 4.63. The van der Waals surface area contributed by atoms with E-state index in [1.165, 1.54) is 0 Å². The average Bonchev–Trinajstić information content (AvgIpc) is 2.81. The molecular formula is C24H32N4O5. The number of aliphatic hydroxyl groups excluding tert-OH is 1. The van der Waals surface area contributed by atoms with Gasteiger partial charge >= 0.3 is 0 Å². The van der Waals surface area contributed by atoms with Crippen LogP contribution in [0.5, 0.6) is 5.75 Å². The van der Waals surface area contributed by atoms with Gasteiger partial charge < -0.3 is 31.1 Å². The van der Waals surface area contributed by atoms with Crippen LogP contribution in [0.1, 0.15) is 11.1 Å². The first-order chi connectivity index (χ1) is 15.9. The molecule has 0 spiro atoms. The lowest BCUT2D eigenvalue weighted by atomic mass is 10.1. The van der Waals surface area contributed by atoms with Gasteiger partial charge in [0.25, 0.3) is 0 Å². The summed E-state index contributed by atoms with van der Waals surface area (Å²) in [5, 5.41) is 20.6. The van der Waals surface area contributed by atoms with Crippen LogP contribution in [0, 0.1) is 6.92 Å². The Kier molecular flexibility index (Phi) is 11.4. The highest BCUT2D eigenvalue weighted by Gasteiger charge is 2.09. The molecule has 0 saturated heterocycles. The zero-order chi connectivity index (χ0) is 23.9. The van der Waals surface area contributed by atoms with Crippen molar-refractivity contribution in [2.24, 2.45) is 0 Å². The molecule has 5 N–H and O–H groups in total. The fourth-order valence-corrected chi connectivity index (χ4v) is 2.85. The van der Waals surface area contributed by atoms with Gasteiger partial charge in [0.05, 0.1) is 19.5 Å². The number of ether oxygens (including phenoxy) is 1. The van der Waals surface area contributed by atoms with E-state index in [9.17, 15) is 19.5 Å². The van der Waals surface area contributed by atoms with Crippen molar-refractivity contribution >= 4 is 17.7 Å². The van der Waals surface area contributed by atoms with E-state index in [4.69, 9.17) is 4.74 Å². The summed E-state index contributed by atoms with van der Waals surface area (Å²) in [5.41, 5.74) is 1.86. The minimum absolute atomic E-state index is 0.165. The van der Waals surface area contributed by atoms with Crippen LogP contribution in [-0.2, 0) is 20.8 Å². The summed E-state index contributed by atoms with van der Waals surface area (Å²) in [6, 6.07) is 16.8. The zero-order valence-corrected chi connectivity index (χ0v) is 18.8. The van der Waals surface area contributed by atoms with Crippen LogP contribution in [0.25, 0.3) is 0 Å². The Labute approximate surface area is 193 Å². The molecule has 33 heavy (non-hydrogen) atoms. The van der Waals surface area contributed by atoms with Crippen LogP contribution in [0.3, 0.4) is 0 Å². The number of hydrogen-bond donors (Lipinski definition) is 5. The van der Waals surface area contributed by atoms with Crippen molar-refractivity contribution in [3.63, 3.8) is 0 Å². The lowest BCUT2D eigenvalue weighted by Crippen LogP contribution is -2.43. The summed E-state index contributed by atoms with van der Waals surface area (Å²) < 4.78 is 5.59. The molecule has 0 bridgehead atoms. The highest BCUT2D eigenvalue weighted by Crippen LogP contribution is 2.16.